The summed E-state index contributed by atoms with van der Waals surface area (Å²) in [7, 11) is -2.16. The first kappa shape index (κ1) is 26.9. The number of carbonyl (C=O) groups excluding carboxylic acids is 2. The van der Waals surface area contributed by atoms with E-state index in [2.05, 4.69) is 10.3 Å². The number of carbonyl (C=O) groups is 2. The van der Waals surface area contributed by atoms with Gasteiger partial charge >= 0.3 is 5.97 Å². The van der Waals surface area contributed by atoms with Crippen molar-refractivity contribution in [1.82, 2.24) is 13.9 Å². The number of morpholine rings is 1. The number of hydrogen-bond acceptors (Lipinski definition) is 10. The molecule has 0 radical (unpaired) electrons. The Morgan fingerprint density at radius 2 is 1.86 bits per heavy atom. The number of hydrogen-bond donors (Lipinski definition) is 1. The fourth-order valence-corrected chi connectivity index (χ4v) is 6.19. The predicted molar refractivity (Wildman–Crippen MR) is 135 cm³/mol. The highest BCUT2D eigenvalue weighted by Gasteiger charge is 2.26. The summed E-state index contributed by atoms with van der Waals surface area (Å²) in [5.41, 5.74) is 0.351. The maximum atomic E-state index is 13.0. The predicted octanol–water partition coefficient (Wildman–Crippen LogP) is 1.23. The van der Waals surface area contributed by atoms with Gasteiger partial charge in [0.1, 0.15) is 22.9 Å². The molecule has 1 fully saturated rings. The Labute approximate surface area is 216 Å². The number of esters is 1. The largest absolute Gasteiger partial charge is 0.459 e. The molecular weight excluding hydrogens is 524 g/mol. The van der Waals surface area contributed by atoms with Crippen molar-refractivity contribution >= 4 is 49.1 Å². The van der Waals surface area contributed by atoms with Gasteiger partial charge < -0.3 is 19.5 Å². The Hall–Kier alpha value is -3.17. The minimum absolute atomic E-state index is 0.0843. The van der Waals surface area contributed by atoms with Gasteiger partial charge in [-0.2, -0.15) is 4.31 Å². The second-order valence-corrected chi connectivity index (χ2v) is 11.1. The van der Waals surface area contributed by atoms with Crippen LogP contribution in [0.4, 0.5) is 5.69 Å². The number of thiophene rings is 1. The zero-order chi connectivity index (χ0) is 26.6. The minimum Gasteiger partial charge on any atom is -0.459 e. The lowest BCUT2D eigenvalue weighted by molar-refractivity contribution is -0.116. The van der Waals surface area contributed by atoms with E-state index in [4.69, 9.17) is 14.2 Å². The molecule has 0 saturated carbocycles. The van der Waals surface area contributed by atoms with E-state index in [0.717, 1.165) is 15.9 Å². The van der Waals surface area contributed by atoms with Crippen molar-refractivity contribution in [1.29, 1.82) is 0 Å². The van der Waals surface area contributed by atoms with Gasteiger partial charge in [-0.15, -0.1) is 11.3 Å². The Morgan fingerprint density at radius 1 is 1.16 bits per heavy atom. The molecule has 1 saturated heterocycles. The minimum atomic E-state index is -3.65. The van der Waals surface area contributed by atoms with Crippen LogP contribution in [0.5, 0.6) is 0 Å². The molecule has 3 heterocycles. The van der Waals surface area contributed by atoms with Gasteiger partial charge in [-0.05, 0) is 36.8 Å². The summed E-state index contributed by atoms with van der Waals surface area (Å²) in [6.07, 6.45) is 1.25. The van der Waals surface area contributed by atoms with Gasteiger partial charge in [0.05, 0.1) is 36.4 Å². The number of aryl methyl sites for hydroxylation is 1. The Bertz CT molecular complexity index is 1460. The normalized spacial score (nSPS) is 14.5. The molecule has 1 N–H and O–H groups in total. The summed E-state index contributed by atoms with van der Waals surface area (Å²) < 4.78 is 43.2. The van der Waals surface area contributed by atoms with E-state index in [0.29, 0.717) is 29.3 Å². The van der Waals surface area contributed by atoms with Crippen molar-refractivity contribution in [2.75, 3.05) is 51.9 Å². The van der Waals surface area contributed by atoms with Crippen molar-refractivity contribution in [2.24, 2.45) is 0 Å². The fraction of sp³-hybridized carbons (Fsp3) is 0.391. The molecule has 37 heavy (non-hydrogen) atoms. The summed E-state index contributed by atoms with van der Waals surface area (Å²) in [6.45, 7) is 2.91. The van der Waals surface area contributed by atoms with Crippen LogP contribution < -0.4 is 10.9 Å². The molecule has 0 unspecified atom stereocenters. The van der Waals surface area contributed by atoms with Crippen LogP contribution in [0.3, 0.4) is 0 Å². The molecule has 1 amide bonds. The van der Waals surface area contributed by atoms with Crippen LogP contribution in [0.1, 0.15) is 15.2 Å². The topological polar surface area (TPSA) is 146 Å². The summed E-state index contributed by atoms with van der Waals surface area (Å²) in [6, 6.07) is 5.81. The van der Waals surface area contributed by atoms with Gasteiger partial charge in [0, 0.05) is 25.9 Å². The Morgan fingerprint density at radius 3 is 2.54 bits per heavy atom. The number of rotatable bonds is 9. The van der Waals surface area contributed by atoms with Crippen molar-refractivity contribution in [3.63, 3.8) is 0 Å². The van der Waals surface area contributed by atoms with Crippen molar-refractivity contribution in [3.05, 3.63) is 51.4 Å². The first-order valence-corrected chi connectivity index (χ1v) is 13.6. The van der Waals surface area contributed by atoms with Gasteiger partial charge in [-0.1, -0.05) is 0 Å². The molecule has 1 aliphatic heterocycles. The lowest BCUT2D eigenvalue weighted by Crippen LogP contribution is -2.40. The summed E-state index contributed by atoms with van der Waals surface area (Å²) in [5.74, 6) is -1.07. The molecule has 0 atom stereocenters. The summed E-state index contributed by atoms with van der Waals surface area (Å²) in [5, 5.41) is 2.90. The maximum Gasteiger partial charge on any atom is 0.348 e. The van der Waals surface area contributed by atoms with E-state index < -0.39 is 27.5 Å². The lowest BCUT2D eigenvalue weighted by Gasteiger charge is -2.26. The van der Waals surface area contributed by atoms with Crippen molar-refractivity contribution in [2.45, 2.75) is 18.4 Å². The van der Waals surface area contributed by atoms with Gasteiger partial charge in [0.25, 0.3) is 5.56 Å². The second kappa shape index (κ2) is 11.5. The second-order valence-electron chi connectivity index (χ2n) is 8.13. The maximum absolute atomic E-state index is 13.0. The van der Waals surface area contributed by atoms with E-state index in [9.17, 15) is 22.8 Å². The van der Waals surface area contributed by atoms with Crippen LogP contribution in [0.25, 0.3) is 10.2 Å². The Kier molecular flexibility index (Phi) is 8.34. The smallest absolute Gasteiger partial charge is 0.348 e. The monoisotopic (exact) mass is 550 g/mol. The SMILES string of the molecule is COCCOC(=O)c1sc2ncn(CC(=O)Nc3ccc(S(=O)(=O)N4CCOCC4)cc3)c(=O)c2c1C. The van der Waals surface area contributed by atoms with Crippen molar-refractivity contribution < 1.29 is 32.2 Å². The van der Waals surface area contributed by atoms with Crippen LogP contribution in [0, 0.1) is 6.92 Å². The summed E-state index contributed by atoms with van der Waals surface area (Å²) in [4.78, 5) is 43.0. The average molecular weight is 551 g/mol. The number of methoxy groups -OCH3 is 1. The fourth-order valence-electron chi connectivity index (χ4n) is 3.75. The molecule has 0 bridgehead atoms. The van der Waals surface area contributed by atoms with Crippen molar-refractivity contribution in [3.8, 4) is 0 Å². The number of nitrogens with zero attached hydrogens (tertiary/aromatic N) is 3. The highest BCUT2D eigenvalue weighted by molar-refractivity contribution is 7.89. The molecule has 1 aliphatic rings. The van der Waals surface area contributed by atoms with Gasteiger partial charge in [-0.3, -0.25) is 14.2 Å². The van der Waals surface area contributed by atoms with Gasteiger partial charge in [-0.25, -0.2) is 18.2 Å². The summed E-state index contributed by atoms with van der Waals surface area (Å²) >= 11 is 1.05. The third kappa shape index (κ3) is 5.88. The highest BCUT2D eigenvalue weighted by Crippen LogP contribution is 2.27. The zero-order valence-electron chi connectivity index (χ0n) is 20.3. The quantitative estimate of drug-likeness (QED) is 0.307. The number of fused-ring (bicyclic) bond motifs is 1. The molecule has 12 nitrogen and oxygen atoms in total. The standard InChI is InChI=1S/C23H26N4O8S2/c1-15-19-21(36-20(15)23(30)35-12-11-33-2)24-14-26(22(19)29)13-18(28)25-16-3-5-17(6-4-16)37(31,32)27-7-9-34-10-8-27/h3-6,14H,7-13H2,1-2H3,(H,25,28). The molecular formula is C23H26N4O8S2. The third-order valence-corrected chi connectivity index (χ3v) is 8.78. The number of ether oxygens (including phenoxy) is 3. The van der Waals surface area contributed by atoms with E-state index >= 15 is 0 Å². The zero-order valence-corrected chi connectivity index (χ0v) is 21.9. The number of nitrogens with one attached hydrogen (secondary N) is 1. The van der Waals surface area contributed by atoms with Crippen LogP contribution in [-0.2, 0) is 35.6 Å². The van der Waals surface area contributed by atoms with E-state index in [1.807, 2.05) is 0 Å². The first-order valence-electron chi connectivity index (χ1n) is 11.3. The van der Waals surface area contributed by atoms with E-state index in [-0.39, 0.29) is 48.0 Å². The average Bonchev–Trinajstić information content (AvgIpc) is 3.23. The third-order valence-electron chi connectivity index (χ3n) is 5.68. The number of sulfonamides is 1. The number of benzene rings is 1. The molecule has 198 valence electrons. The molecule has 2 aromatic heterocycles. The number of anilines is 1. The van der Waals surface area contributed by atoms with Crippen LogP contribution >= 0.6 is 11.3 Å². The highest BCUT2D eigenvalue weighted by atomic mass is 32.2. The van der Waals surface area contributed by atoms with E-state index in [1.165, 1.54) is 42.0 Å². The van der Waals surface area contributed by atoms with Gasteiger partial charge in [0.15, 0.2) is 0 Å². The Balaban J connectivity index is 1.45. The lowest BCUT2D eigenvalue weighted by atomic mass is 10.2. The molecule has 0 aliphatic carbocycles. The van der Waals surface area contributed by atoms with Gasteiger partial charge in [0.2, 0.25) is 15.9 Å². The molecule has 4 rings (SSSR count). The number of amides is 1. The van der Waals surface area contributed by atoms with Crippen LogP contribution in [0.2, 0.25) is 0 Å². The van der Waals surface area contributed by atoms with Crippen LogP contribution in [0.15, 0.2) is 40.3 Å². The molecule has 0 spiro atoms. The molecule has 14 heteroatoms. The first-order chi connectivity index (χ1) is 17.7. The molecule has 3 aromatic rings. The van der Waals surface area contributed by atoms with Crippen LogP contribution in [-0.4, -0.2) is 80.8 Å². The number of aromatic nitrogens is 2. The van der Waals surface area contributed by atoms with E-state index in [1.54, 1.807) is 6.92 Å². The molecule has 1 aromatic carbocycles.